The molecule has 7 heteroatoms. The molecule has 0 fully saturated rings. The number of hydrogen-bond acceptors (Lipinski definition) is 6. The largest absolute Gasteiger partial charge is 0.383 e. The molecular weight excluding hydrogens is 340 g/mol. The van der Waals surface area contributed by atoms with Gasteiger partial charge in [0.15, 0.2) is 0 Å². The smallest absolute Gasteiger partial charge is 0.246 e. The molecule has 0 saturated heterocycles. The van der Waals surface area contributed by atoms with E-state index in [0.717, 1.165) is 26.4 Å². The number of carbonyl (C=O) groups excluding carboxylic acids is 1. The minimum Gasteiger partial charge on any atom is -0.383 e. The first-order valence-corrected chi connectivity index (χ1v) is 9.35. The van der Waals surface area contributed by atoms with Gasteiger partial charge in [-0.1, -0.05) is 0 Å². The van der Waals surface area contributed by atoms with Crippen molar-refractivity contribution in [3.63, 3.8) is 0 Å². The maximum atomic E-state index is 12.5. The number of anilines is 1. The summed E-state index contributed by atoms with van der Waals surface area (Å²) in [4.78, 5) is 26.0. The van der Waals surface area contributed by atoms with Crippen LogP contribution >= 0.6 is 22.7 Å². The lowest BCUT2D eigenvalue weighted by molar-refractivity contribution is -0.126. The topological polar surface area (TPSA) is 72.1 Å². The highest BCUT2D eigenvalue weighted by Gasteiger charge is 2.24. The molecule has 3 aromatic rings. The van der Waals surface area contributed by atoms with Crippen LogP contribution < -0.4 is 5.73 Å². The number of hydrogen-bond donors (Lipinski definition) is 1. The van der Waals surface area contributed by atoms with Gasteiger partial charge in [0.25, 0.3) is 0 Å². The number of fused-ring (bicyclic) bond motifs is 3. The van der Waals surface area contributed by atoms with E-state index in [1.807, 2.05) is 16.4 Å². The van der Waals surface area contributed by atoms with E-state index in [4.69, 9.17) is 5.73 Å². The van der Waals surface area contributed by atoms with Crippen LogP contribution in [0.3, 0.4) is 0 Å². The summed E-state index contributed by atoms with van der Waals surface area (Å²) in [6, 6.07) is 2.06. The maximum absolute atomic E-state index is 12.5. The molecule has 0 aliphatic carbocycles. The molecule has 0 saturated carbocycles. The van der Waals surface area contributed by atoms with Crippen LogP contribution in [-0.2, 0) is 17.8 Å². The highest BCUT2D eigenvalue weighted by atomic mass is 32.1. The standard InChI is InChI=1S/C17H16N4OS2/c1-10-5-7-23-12(10)2-3-14(22)21-6-4-11-13(8-21)24-17-15(11)16(18)19-9-20-17/h2-3,5,7,9H,4,6,8H2,1H3,(H2,18,19,20)/b3-2+. The van der Waals surface area contributed by atoms with Crippen molar-refractivity contribution in [2.75, 3.05) is 12.3 Å². The predicted molar refractivity (Wildman–Crippen MR) is 99.0 cm³/mol. The van der Waals surface area contributed by atoms with Crippen LogP contribution in [0, 0.1) is 6.92 Å². The van der Waals surface area contributed by atoms with Gasteiger partial charge in [-0.15, -0.1) is 22.7 Å². The molecular formula is C17H16N4OS2. The number of carbonyl (C=O) groups is 1. The van der Waals surface area contributed by atoms with E-state index in [0.29, 0.717) is 18.9 Å². The Morgan fingerprint density at radius 3 is 3.08 bits per heavy atom. The van der Waals surface area contributed by atoms with E-state index in [2.05, 4.69) is 23.0 Å². The Kier molecular flexibility index (Phi) is 3.82. The summed E-state index contributed by atoms with van der Waals surface area (Å²) in [5.41, 5.74) is 8.40. The predicted octanol–water partition coefficient (Wildman–Crippen LogP) is 3.24. The van der Waals surface area contributed by atoms with Crippen molar-refractivity contribution in [1.29, 1.82) is 0 Å². The number of nitrogens with two attached hydrogens (primary N) is 1. The third-order valence-electron chi connectivity index (χ3n) is 4.26. The van der Waals surface area contributed by atoms with Crippen molar-refractivity contribution < 1.29 is 4.79 Å². The monoisotopic (exact) mass is 356 g/mol. The summed E-state index contributed by atoms with van der Waals surface area (Å²) in [6.45, 7) is 3.36. The van der Waals surface area contributed by atoms with Crippen molar-refractivity contribution in [3.8, 4) is 0 Å². The van der Waals surface area contributed by atoms with Crippen LogP contribution in [0.1, 0.15) is 20.9 Å². The van der Waals surface area contributed by atoms with Crippen molar-refractivity contribution >= 4 is 50.7 Å². The third-order valence-corrected chi connectivity index (χ3v) is 6.37. The normalized spacial score (nSPS) is 14.5. The molecule has 3 aromatic heterocycles. The number of aryl methyl sites for hydroxylation is 1. The van der Waals surface area contributed by atoms with Gasteiger partial charge in [-0.3, -0.25) is 4.79 Å². The van der Waals surface area contributed by atoms with Crippen LogP contribution in [-0.4, -0.2) is 27.3 Å². The summed E-state index contributed by atoms with van der Waals surface area (Å²) in [7, 11) is 0. The Labute approximate surface area is 147 Å². The zero-order valence-corrected chi connectivity index (χ0v) is 14.8. The number of aromatic nitrogens is 2. The molecule has 4 rings (SSSR count). The Morgan fingerprint density at radius 2 is 2.29 bits per heavy atom. The number of nitrogens with zero attached hydrogens (tertiary/aromatic N) is 3. The van der Waals surface area contributed by atoms with Crippen LogP contribution in [0.15, 0.2) is 23.8 Å². The van der Waals surface area contributed by atoms with E-state index in [9.17, 15) is 4.79 Å². The van der Waals surface area contributed by atoms with Gasteiger partial charge < -0.3 is 10.6 Å². The van der Waals surface area contributed by atoms with Gasteiger partial charge in [0, 0.05) is 22.4 Å². The third kappa shape index (κ3) is 2.59. The summed E-state index contributed by atoms with van der Waals surface area (Å²) in [5, 5.41) is 3.00. The summed E-state index contributed by atoms with van der Waals surface area (Å²) >= 11 is 3.25. The van der Waals surface area contributed by atoms with Gasteiger partial charge in [-0.05, 0) is 42.0 Å². The molecule has 0 bridgehead atoms. The zero-order valence-electron chi connectivity index (χ0n) is 13.2. The first-order chi connectivity index (χ1) is 11.6. The lowest BCUT2D eigenvalue weighted by Gasteiger charge is -2.26. The van der Waals surface area contributed by atoms with Crippen molar-refractivity contribution in [2.45, 2.75) is 19.9 Å². The molecule has 2 N–H and O–H groups in total. The Hall–Kier alpha value is -2.25. The number of rotatable bonds is 2. The highest BCUT2D eigenvalue weighted by Crippen LogP contribution is 2.36. The maximum Gasteiger partial charge on any atom is 0.246 e. The second-order valence-electron chi connectivity index (χ2n) is 5.75. The minimum atomic E-state index is 0.0463. The average molecular weight is 356 g/mol. The molecule has 24 heavy (non-hydrogen) atoms. The molecule has 4 heterocycles. The molecule has 0 atom stereocenters. The molecule has 0 unspecified atom stereocenters. The molecule has 0 radical (unpaired) electrons. The first-order valence-electron chi connectivity index (χ1n) is 7.65. The van der Waals surface area contributed by atoms with Crippen molar-refractivity contribution in [3.05, 3.63) is 44.7 Å². The summed E-state index contributed by atoms with van der Waals surface area (Å²) in [6.07, 6.45) is 5.87. The molecule has 1 amide bonds. The molecule has 1 aliphatic rings. The second kappa shape index (κ2) is 5.99. The fourth-order valence-electron chi connectivity index (χ4n) is 2.95. The van der Waals surface area contributed by atoms with E-state index >= 15 is 0 Å². The fourth-order valence-corrected chi connectivity index (χ4v) is 4.98. The molecule has 0 spiro atoms. The van der Waals surface area contributed by atoms with Gasteiger partial charge in [0.1, 0.15) is 17.0 Å². The minimum absolute atomic E-state index is 0.0463. The number of amides is 1. The van der Waals surface area contributed by atoms with Gasteiger partial charge >= 0.3 is 0 Å². The number of thiophene rings is 2. The van der Waals surface area contributed by atoms with E-state index in [1.54, 1.807) is 28.7 Å². The van der Waals surface area contributed by atoms with Gasteiger partial charge in [0.05, 0.1) is 11.9 Å². The first kappa shape index (κ1) is 15.3. The quantitative estimate of drug-likeness (QED) is 0.716. The summed E-state index contributed by atoms with van der Waals surface area (Å²) in [5.74, 6) is 0.579. The fraction of sp³-hybridized carbons (Fsp3) is 0.235. The Bertz CT molecular complexity index is 957. The van der Waals surface area contributed by atoms with Crippen molar-refractivity contribution in [1.82, 2.24) is 14.9 Å². The Morgan fingerprint density at radius 1 is 1.42 bits per heavy atom. The van der Waals surface area contributed by atoms with Gasteiger partial charge in [-0.25, -0.2) is 9.97 Å². The average Bonchev–Trinajstić information content (AvgIpc) is 3.15. The molecule has 5 nitrogen and oxygen atoms in total. The SMILES string of the molecule is Cc1ccsc1/C=C/C(=O)N1CCc2c(sc3ncnc(N)c23)C1. The molecule has 1 aliphatic heterocycles. The van der Waals surface area contributed by atoms with Crippen LogP contribution in [0.5, 0.6) is 0 Å². The van der Waals surface area contributed by atoms with E-state index in [1.165, 1.54) is 17.5 Å². The summed E-state index contributed by atoms with van der Waals surface area (Å²) < 4.78 is 0. The molecule has 122 valence electrons. The zero-order chi connectivity index (χ0) is 16.7. The van der Waals surface area contributed by atoms with Crippen molar-refractivity contribution in [2.24, 2.45) is 0 Å². The van der Waals surface area contributed by atoms with Crippen LogP contribution in [0.4, 0.5) is 5.82 Å². The second-order valence-corrected chi connectivity index (χ2v) is 7.79. The molecule has 0 aromatic carbocycles. The van der Waals surface area contributed by atoms with Crippen LogP contribution in [0.25, 0.3) is 16.3 Å². The highest BCUT2D eigenvalue weighted by molar-refractivity contribution is 7.19. The van der Waals surface area contributed by atoms with Gasteiger partial charge in [0.2, 0.25) is 5.91 Å². The van der Waals surface area contributed by atoms with Gasteiger partial charge in [-0.2, -0.15) is 0 Å². The van der Waals surface area contributed by atoms with E-state index < -0.39 is 0 Å². The van der Waals surface area contributed by atoms with E-state index in [-0.39, 0.29) is 5.91 Å². The lowest BCUT2D eigenvalue weighted by Crippen LogP contribution is -2.34. The number of nitrogen functional groups attached to an aromatic ring is 1. The van der Waals surface area contributed by atoms with Crippen LogP contribution in [0.2, 0.25) is 0 Å². The lowest BCUT2D eigenvalue weighted by atomic mass is 10.0. The Balaban J connectivity index is 1.57.